The second-order valence-corrected chi connectivity index (χ2v) is 13.5. The van der Waals surface area contributed by atoms with Gasteiger partial charge in [0.15, 0.2) is 0 Å². The molecule has 0 aliphatic carbocycles. The van der Waals surface area contributed by atoms with E-state index in [-0.39, 0.29) is 49.1 Å². The number of aromatic nitrogens is 2. The predicted molar refractivity (Wildman–Crippen MR) is 186 cm³/mol. The van der Waals surface area contributed by atoms with Crippen LogP contribution in [0.2, 0.25) is 0 Å². The Bertz CT molecular complexity index is 1680. The SMILES string of the molecule is CCCCOC(=O)N1CCC(COC2CCN(c3cccc4c3n(C)c(=O)n4C3CCC(=O)N(Cc4ccc(OC)cc4)C3=O)CC2)CC1. The number of benzene rings is 2. The van der Waals surface area contributed by atoms with Crippen molar-refractivity contribution >= 4 is 34.6 Å². The molecule has 3 saturated heterocycles. The van der Waals surface area contributed by atoms with Crippen molar-refractivity contribution < 1.29 is 28.6 Å². The van der Waals surface area contributed by atoms with Gasteiger partial charge in [0.2, 0.25) is 5.91 Å². The van der Waals surface area contributed by atoms with E-state index in [1.54, 1.807) is 35.4 Å². The van der Waals surface area contributed by atoms with Gasteiger partial charge in [0, 0.05) is 46.3 Å². The third-order valence-electron chi connectivity index (χ3n) is 10.3. The van der Waals surface area contributed by atoms with Crippen LogP contribution in [0.15, 0.2) is 47.3 Å². The zero-order valence-corrected chi connectivity index (χ0v) is 29.0. The summed E-state index contributed by atoms with van der Waals surface area (Å²) in [6.45, 7) is 6.41. The Morgan fingerprint density at radius 1 is 0.918 bits per heavy atom. The van der Waals surface area contributed by atoms with Crippen LogP contribution in [0.1, 0.15) is 69.9 Å². The standard InChI is InChI=1S/C37H49N5O7/c1-4-5-23-48-37(46)40-19-15-27(16-20-40)25-49-29-17-21-39(22-18-29)30-7-6-8-31-34(30)38(2)36(45)42(31)32-13-14-33(43)41(35(32)44)24-26-9-11-28(47-3)12-10-26/h6-12,27,29,32H,4-5,13-25H2,1-3H3. The van der Waals surface area contributed by atoms with Crippen LogP contribution in [0, 0.1) is 5.92 Å². The Balaban J connectivity index is 1.08. The number of nitrogens with zero attached hydrogens (tertiary/aromatic N) is 5. The predicted octanol–water partition coefficient (Wildman–Crippen LogP) is 4.87. The maximum absolute atomic E-state index is 13.8. The quantitative estimate of drug-likeness (QED) is 0.209. The molecule has 3 fully saturated rings. The molecule has 0 saturated carbocycles. The van der Waals surface area contributed by atoms with E-state index in [9.17, 15) is 19.2 Å². The highest BCUT2D eigenvalue weighted by Crippen LogP contribution is 2.33. The molecule has 6 rings (SSSR count). The molecule has 1 atom stereocenters. The lowest BCUT2D eigenvalue weighted by Crippen LogP contribution is -2.47. The summed E-state index contributed by atoms with van der Waals surface area (Å²) in [5.74, 6) is 0.542. The number of hydrogen-bond acceptors (Lipinski definition) is 8. The normalized spacial score (nSPS) is 19.6. The Labute approximate surface area is 287 Å². The van der Waals surface area contributed by atoms with E-state index in [0.717, 1.165) is 68.4 Å². The number of rotatable bonds is 11. The molecule has 3 amide bonds. The molecule has 3 aliphatic rings. The molecule has 0 bridgehead atoms. The number of aryl methyl sites for hydroxylation is 1. The number of hydrogen-bond donors (Lipinski definition) is 0. The first-order valence-electron chi connectivity index (χ1n) is 17.7. The van der Waals surface area contributed by atoms with E-state index in [2.05, 4.69) is 11.8 Å². The number of unbranched alkanes of at least 4 members (excludes halogenated alkanes) is 1. The lowest BCUT2D eigenvalue weighted by molar-refractivity contribution is -0.151. The van der Waals surface area contributed by atoms with Crippen molar-refractivity contribution in [3.63, 3.8) is 0 Å². The van der Waals surface area contributed by atoms with E-state index in [1.807, 2.05) is 35.2 Å². The van der Waals surface area contributed by atoms with Gasteiger partial charge in [-0.25, -0.2) is 9.59 Å². The summed E-state index contributed by atoms with van der Waals surface area (Å²) >= 11 is 0. The number of piperidine rings is 3. The fourth-order valence-corrected chi connectivity index (χ4v) is 7.33. The number of anilines is 1. The molecular formula is C37H49N5O7. The molecule has 0 spiro atoms. The summed E-state index contributed by atoms with van der Waals surface area (Å²) in [6, 6.07) is 12.4. The van der Waals surface area contributed by atoms with E-state index in [1.165, 1.54) is 4.90 Å². The van der Waals surface area contributed by atoms with Gasteiger partial charge in [-0.3, -0.25) is 23.6 Å². The molecule has 3 aliphatic heterocycles. The van der Waals surface area contributed by atoms with Gasteiger partial charge in [-0.05, 0) is 74.3 Å². The molecule has 0 radical (unpaired) electrons. The summed E-state index contributed by atoms with van der Waals surface area (Å²) in [5.41, 5.74) is 2.99. The molecule has 3 aromatic rings. The van der Waals surface area contributed by atoms with Crippen molar-refractivity contribution in [2.24, 2.45) is 13.0 Å². The minimum absolute atomic E-state index is 0.146. The molecule has 1 aromatic heterocycles. The van der Waals surface area contributed by atoms with Crippen molar-refractivity contribution in [1.82, 2.24) is 18.9 Å². The molecule has 4 heterocycles. The number of amides is 3. The zero-order valence-electron chi connectivity index (χ0n) is 29.0. The van der Waals surface area contributed by atoms with Gasteiger partial charge in [-0.15, -0.1) is 0 Å². The lowest BCUT2D eigenvalue weighted by Gasteiger charge is -2.36. The topological polar surface area (TPSA) is 116 Å². The number of methoxy groups -OCH3 is 1. The maximum atomic E-state index is 13.8. The van der Waals surface area contributed by atoms with Gasteiger partial charge in [0.25, 0.3) is 5.91 Å². The highest BCUT2D eigenvalue weighted by atomic mass is 16.6. The average molecular weight is 676 g/mol. The monoisotopic (exact) mass is 675 g/mol. The third kappa shape index (κ3) is 7.49. The Hall–Kier alpha value is -4.32. The van der Waals surface area contributed by atoms with E-state index < -0.39 is 6.04 Å². The molecule has 49 heavy (non-hydrogen) atoms. The first-order valence-corrected chi connectivity index (χ1v) is 17.7. The first kappa shape index (κ1) is 34.5. The van der Waals surface area contributed by atoms with Gasteiger partial charge in [-0.1, -0.05) is 31.5 Å². The summed E-state index contributed by atoms with van der Waals surface area (Å²) in [7, 11) is 3.34. The molecule has 12 nitrogen and oxygen atoms in total. The largest absolute Gasteiger partial charge is 0.497 e. The average Bonchev–Trinajstić information content (AvgIpc) is 3.38. The van der Waals surface area contributed by atoms with Crippen molar-refractivity contribution in [2.75, 3.05) is 51.4 Å². The van der Waals surface area contributed by atoms with Gasteiger partial charge in [0.1, 0.15) is 11.8 Å². The van der Waals surface area contributed by atoms with Gasteiger partial charge in [0.05, 0.1) is 43.1 Å². The summed E-state index contributed by atoms with van der Waals surface area (Å²) in [6.07, 6.45) is 5.92. The van der Waals surface area contributed by atoms with Crippen LogP contribution in [0.25, 0.3) is 11.0 Å². The van der Waals surface area contributed by atoms with Crippen LogP contribution >= 0.6 is 0 Å². The Morgan fingerprint density at radius 3 is 2.35 bits per heavy atom. The second-order valence-electron chi connectivity index (χ2n) is 13.5. The maximum Gasteiger partial charge on any atom is 0.409 e. The molecule has 0 N–H and O–H groups in total. The van der Waals surface area contributed by atoms with E-state index in [4.69, 9.17) is 14.2 Å². The highest BCUT2D eigenvalue weighted by molar-refractivity contribution is 6.00. The molecule has 1 unspecified atom stereocenters. The van der Waals surface area contributed by atoms with Crippen molar-refractivity contribution in [1.29, 1.82) is 0 Å². The van der Waals surface area contributed by atoms with Gasteiger partial charge < -0.3 is 24.0 Å². The smallest absolute Gasteiger partial charge is 0.409 e. The molecule has 264 valence electrons. The number of likely N-dealkylation sites (tertiary alicyclic amines) is 2. The lowest BCUT2D eigenvalue weighted by atomic mass is 9.98. The molecule has 2 aromatic carbocycles. The van der Waals surface area contributed by atoms with Gasteiger partial charge >= 0.3 is 11.8 Å². The van der Waals surface area contributed by atoms with Crippen molar-refractivity contribution in [2.45, 2.75) is 77.0 Å². The number of imide groups is 1. The summed E-state index contributed by atoms with van der Waals surface area (Å²) < 4.78 is 20.2. The number of carbonyl (C=O) groups is 3. The van der Waals surface area contributed by atoms with Crippen molar-refractivity contribution in [3.05, 3.63) is 58.5 Å². The number of fused-ring (bicyclic) bond motifs is 1. The molecular weight excluding hydrogens is 626 g/mol. The molecule has 12 heteroatoms. The highest BCUT2D eigenvalue weighted by Gasteiger charge is 2.38. The van der Waals surface area contributed by atoms with Crippen LogP contribution in [-0.2, 0) is 32.7 Å². The fourth-order valence-electron chi connectivity index (χ4n) is 7.33. The third-order valence-corrected chi connectivity index (χ3v) is 10.3. The van der Waals surface area contributed by atoms with Crippen LogP contribution < -0.4 is 15.3 Å². The second kappa shape index (κ2) is 15.5. The van der Waals surface area contributed by atoms with Crippen LogP contribution in [0.4, 0.5) is 10.5 Å². The first-order chi connectivity index (χ1) is 23.8. The summed E-state index contributed by atoms with van der Waals surface area (Å²) in [5, 5.41) is 0. The van der Waals surface area contributed by atoms with E-state index in [0.29, 0.717) is 43.5 Å². The zero-order chi connectivity index (χ0) is 34.5. The van der Waals surface area contributed by atoms with Crippen LogP contribution in [0.5, 0.6) is 5.75 Å². The Morgan fingerprint density at radius 2 is 1.65 bits per heavy atom. The number of para-hydroxylation sites is 1. The number of ether oxygens (including phenoxy) is 3. The minimum Gasteiger partial charge on any atom is -0.497 e. The number of imidazole rings is 1. The van der Waals surface area contributed by atoms with Crippen molar-refractivity contribution in [3.8, 4) is 5.75 Å². The van der Waals surface area contributed by atoms with Crippen LogP contribution in [0.3, 0.4) is 0 Å². The number of carbonyl (C=O) groups excluding carboxylic acids is 3. The summed E-state index contributed by atoms with van der Waals surface area (Å²) in [4.78, 5) is 58.2. The Kier molecular flexibility index (Phi) is 10.9. The van der Waals surface area contributed by atoms with E-state index >= 15 is 0 Å². The minimum atomic E-state index is -0.764. The van der Waals surface area contributed by atoms with Gasteiger partial charge in [-0.2, -0.15) is 0 Å². The fraction of sp³-hybridized carbons (Fsp3) is 0.568. The van der Waals surface area contributed by atoms with Crippen LogP contribution in [-0.4, -0.2) is 89.4 Å².